The first-order valence-electron chi connectivity index (χ1n) is 11.0. The molecular formula is C25H31ClN2O4. The zero-order valence-electron chi connectivity index (χ0n) is 18.7. The van der Waals surface area contributed by atoms with E-state index in [9.17, 15) is 9.59 Å². The van der Waals surface area contributed by atoms with Gasteiger partial charge in [0, 0.05) is 11.4 Å². The van der Waals surface area contributed by atoms with Crippen LogP contribution >= 0.6 is 11.6 Å². The molecule has 0 unspecified atom stereocenters. The van der Waals surface area contributed by atoms with E-state index in [1.54, 1.807) is 42.5 Å². The van der Waals surface area contributed by atoms with Crippen LogP contribution in [0.4, 0.5) is 0 Å². The van der Waals surface area contributed by atoms with Gasteiger partial charge in [0.25, 0.3) is 0 Å². The van der Waals surface area contributed by atoms with Gasteiger partial charge in [0.15, 0.2) is 11.5 Å². The maximum absolute atomic E-state index is 12.3. The molecule has 172 valence electrons. The van der Waals surface area contributed by atoms with Gasteiger partial charge in [-0.25, -0.2) is 10.2 Å². The molecule has 2 aromatic rings. The first-order valence-corrected chi connectivity index (χ1v) is 11.4. The van der Waals surface area contributed by atoms with Crippen LogP contribution in [0, 0.1) is 0 Å². The Morgan fingerprint density at radius 1 is 0.969 bits per heavy atom. The van der Waals surface area contributed by atoms with Crippen molar-refractivity contribution < 1.29 is 19.1 Å². The van der Waals surface area contributed by atoms with Crippen molar-refractivity contribution in [2.45, 2.75) is 58.3 Å². The molecule has 0 aliphatic carbocycles. The number of rotatable bonds is 13. The Bertz CT molecular complexity index is 897. The molecule has 0 aromatic heterocycles. The lowest BCUT2D eigenvalue weighted by molar-refractivity contribution is -0.121. The highest BCUT2D eigenvalue weighted by atomic mass is 35.5. The summed E-state index contributed by atoms with van der Waals surface area (Å²) in [5, 5.41) is 4.54. The van der Waals surface area contributed by atoms with E-state index >= 15 is 0 Å². The standard InChI is InChI=1S/C25H31ClN2O4/c1-3-4-5-6-7-8-9-10-24(29)28-27-18-19-11-16-22(23(17-19)31-2)32-25(30)20-12-14-21(26)15-13-20/h11-18H,3-10H2,1-2H3,(H,28,29)/b27-18+. The molecule has 0 heterocycles. The number of hydrogen-bond donors (Lipinski definition) is 1. The topological polar surface area (TPSA) is 77.0 Å². The van der Waals surface area contributed by atoms with Gasteiger partial charge in [-0.15, -0.1) is 0 Å². The summed E-state index contributed by atoms with van der Waals surface area (Å²) in [4.78, 5) is 24.2. The van der Waals surface area contributed by atoms with E-state index in [1.165, 1.54) is 45.4 Å². The Balaban J connectivity index is 1.81. The Morgan fingerprint density at radius 2 is 1.66 bits per heavy atom. The molecule has 7 heteroatoms. The maximum Gasteiger partial charge on any atom is 0.343 e. The van der Waals surface area contributed by atoms with Crippen molar-refractivity contribution in [3.8, 4) is 11.5 Å². The summed E-state index contributed by atoms with van der Waals surface area (Å²) in [5.41, 5.74) is 3.63. The summed E-state index contributed by atoms with van der Waals surface area (Å²) in [6.07, 6.45) is 10.1. The summed E-state index contributed by atoms with van der Waals surface area (Å²) in [6.45, 7) is 2.20. The van der Waals surface area contributed by atoms with Crippen molar-refractivity contribution in [3.05, 3.63) is 58.6 Å². The van der Waals surface area contributed by atoms with E-state index in [4.69, 9.17) is 21.1 Å². The average Bonchev–Trinajstić information content (AvgIpc) is 2.79. The first-order chi connectivity index (χ1) is 15.5. The predicted molar refractivity (Wildman–Crippen MR) is 128 cm³/mol. The van der Waals surface area contributed by atoms with Gasteiger partial charge in [0.1, 0.15) is 0 Å². The second kappa shape index (κ2) is 14.2. The molecule has 0 spiro atoms. The second-order valence-electron chi connectivity index (χ2n) is 7.47. The normalized spacial score (nSPS) is 10.8. The van der Waals surface area contributed by atoms with Crippen LogP contribution in [0.3, 0.4) is 0 Å². The number of benzene rings is 2. The number of amides is 1. The number of hydrazone groups is 1. The van der Waals surface area contributed by atoms with E-state index in [0.29, 0.717) is 28.3 Å². The van der Waals surface area contributed by atoms with Crippen LogP contribution in [0.15, 0.2) is 47.6 Å². The minimum atomic E-state index is -0.515. The fourth-order valence-corrected chi connectivity index (χ4v) is 3.20. The van der Waals surface area contributed by atoms with Crippen molar-refractivity contribution in [1.82, 2.24) is 5.43 Å². The summed E-state index contributed by atoms with van der Waals surface area (Å²) in [7, 11) is 1.49. The number of unbranched alkanes of at least 4 members (excludes halogenated alkanes) is 6. The Kier molecular flexibility index (Phi) is 11.3. The quantitative estimate of drug-likeness (QED) is 0.128. The van der Waals surface area contributed by atoms with Crippen LogP contribution < -0.4 is 14.9 Å². The molecule has 0 fully saturated rings. The first kappa shape index (κ1) is 25.4. The lowest BCUT2D eigenvalue weighted by Crippen LogP contribution is -2.16. The number of esters is 1. The summed E-state index contributed by atoms with van der Waals surface area (Å²) >= 11 is 5.84. The van der Waals surface area contributed by atoms with Crippen LogP contribution in [-0.2, 0) is 4.79 Å². The highest BCUT2D eigenvalue weighted by Crippen LogP contribution is 2.28. The zero-order chi connectivity index (χ0) is 23.2. The van der Waals surface area contributed by atoms with E-state index in [1.807, 2.05) is 0 Å². The molecule has 2 aromatic carbocycles. The fraction of sp³-hybridized carbons (Fsp3) is 0.400. The highest BCUT2D eigenvalue weighted by molar-refractivity contribution is 6.30. The molecule has 0 saturated carbocycles. The molecule has 0 atom stereocenters. The maximum atomic E-state index is 12.3. The third-order valence-corrected chi connectivity index (χ3v) is 5.13. The summed E-state index contributed by atoms with van der Waals surface area (Å²) in [6, 6.07) is 11.4. The Labute approximate surface area is 195 Å². The molecule has 0 radical (unpaired) electrons. The van der Waals surface area contributed by atoms with E-state index in [-0.39, 0.29) is 11.7 Å². The van der Waals surface area contributed by atoms with Crippen molar-refractivity contribution in [3.63, 3.8) is 0 Å². The number of carbonyl (C=O) groups excluding carboxylic acids is 2. The van der Waals surface area contributed by atoms with Gasteiger partial charge in [0.05, 0.1) is 18.9 Å². The molecule has 0 aliphatic rings. The smallest absolute Gasteiger partial charge is 0.343 e. The third-order valence-electron chi connectivity index (χ3n) is 4.88. The van der Waals surface area contributed by atoms with Crippen molar-refractivity contribution in [2.24, 2.45) is 5.10 Å². The van der Waals surface area contributed by atoms with Gasteiger partial charge in [-0.2, -0.15) is 5.10 Å². The monoisotopic (exact) mass is 458 g/mol. The summed E-state index contributed by atoms with van der Waals surface area (Å²) < 4.78 is 10.7. The minimum absolute atomic E-state index is 0.102. The Morgan fingerprint density at radius 3 is 2.34 bits per heavy atom. The molecule has 1 amide bonds. The molecule has 0 bridgehead atoms. The largest absolute Gasteiger partial charge is 0.493 e. The number of methoxy groups -OCH3 is 1. The second-order valence-corrected chi connectivity index (χ2v) is 7.91. The van der Waals surface area contributed by atoms with Crippen LogP contribution in [0.25, 0.3) is 0 Å². The molecule has 6 nitrogen and oxygen atoms in total. The number of nitrogens with zero attached hydrogens (tertiary/aromatic N) is 1. The molecule has 0 aliphatic heterocycles. The minimum Gasteiger partial charge on any atom is -0.493 e. The van der Waals surface area contributed by atoms with Gasteiger partial charge in [-0.05, 0) is 54.4 Å². The van der Waals surface area contributed by atoms with E-state index in [0.717, 1.165) is 12.8 Å². The molecule has 32 heavy (non-hydrogen) atoms. The number of carbonyl (C=O) groups is 2. The molecular weight excluding hydrogens is 428 g/mol. The van der Waals surface area contributed by atoms with Crippen molar-refractivity contribution in [2.75, 3.05) is 7.11 Å². The van der Waals surface area contributed by atoms with Crippen LogP contribution in [0.1, 0.15) is 74.2 Å². The van der Waals surface area contributed by atoms with E-state index < -0.39 is 5.97 Å². The lowest BCUT2D eigenvalue weighted by atomic mass is 10.1. The number of hydrogen-bond acceptors (Lipinski definition) is 5. The average molecular weight is 459 g/mol. The van der Waals surface area contributed by atoms with Crippen molar-refractivity contribution >= 4 is 29.7 Å². The third kappa shape index (κ3) is 9.10. The van der Waals surface area contributed by atoms with Crippen LogP contribution in [0.5, 0.6) is 11.5 Å². The number of halogens is 1. The van der Waals surface area contributed by atoms with E-state index in [2.05, 4.69) is 17.5 Å². The molecule has 0 saturated heterocycles. The van der Waals surface area contributed by atoms with Gasteiger partial charge in [-0.1, -0.05) is 57.0 Å². The highest BCUT2D eigenvalue weighted by Gasteiger charge is 2.13. The van der Waals surface area contributed by atoms with Crippen molar-refractivity contribution in [1.29, 1.82) is 0 Å². The van der Waals surface area contributed by atoms with Crippen LogP contribution in [0.2, 0.25) is 5.02 Å². The Hall–Kier alpha value is -2.86. The SMILES string of the molecule is CCCCCCCCCC(=O)N/N=C/c1ccc(OC(=O)c2ccc(Cl)cc2)c(OC)c1. The van der Waals surface area contributed by atoms with Gasteiger partial charge in [-0.3, -0.25) is 4.79 Å². The summed E-state index contributed by atoms with van der Waals surface area (Å²) in [5.74, 6) is 0.0486. The number of ether oxygens (including phenoxy) is 2. The molecule has 1 N–H and O–H groups in total. The van der Waals surface area contributed by atoms with Gasteiger partial charge in [0.2, 0.25) is 5.91 Å². The molecule has 2 rings (SSSR count). The predicted octanol–water partition coefficient (Wildman–Crippen LogP) is 6.16. The van der Waals surface area contributed by atoms with Crippen LogP contribution in [-0.4, -0.2) is 25.2 Å². The zero-order valence-corrected chi connectivity index (χ0v) is 19.5. The number of nitrogens with one attached hydrogen (secondary N) is 1. The van der Waals surface area contributed by atoms with Gasteiger partial charge >= 0.3 is 5.97 Å². The lowest BCUT2D eigenvalue weighted by Gasteiger charge is -2.10. The van der Waals surface area contributed by atoms with Gasteiger partial charge < -0.3 is 9.47 Å². The fourth-order valence-electron chi connectivity index (χ4n) is 3.07.